The second-order valence-electron chi connectivity index (χ2n) is 8.91. The van der Waals surface area contributed by atoms with E-state index in [4.69, 9.17) is 9.62 Å². The Hall–Kier alpha value is -2.15. The van der Waals surface area contributed by atoms with E-state index in [1.165, 1.54) is 37.8 Å². The molecule has 1 N–H and O–H groups in total. The van der Waals surface area contributed by atoms with Crippen molar-refractivity contribution in [1.29, 1.82) is 0 Å². The third-order valence-electron chi connectivity index (χ3n) is 6.35. The Balaban J connectivity index is 1.51. The highest BCUT2D eigenvalue weighted by Gasteiger charge is 2.30. The third kappa shape index (κ3) is 4.55. The minimum atomic E-state index is 0.00940. The van der Waals surface area contributed by atoms with E-state index in [9.17, 15) is 4.79 Å². The number of hydrogen-bond donors (Lipinski definition) is 1. The molecule has 7 nitrogen and oxygen atoms in total. The van der Waals surface area contributed by atoms with Gasteiger partial charge in [0.05, 0.1) is 12.2 Å². The lowest BCUT2D eigenvalue weighted by atomic mass is 9.88. The first-order chi connectivity index (χ1) is 14.0. The number of nitrogens with zero attached hydrogens (tertiary/aromatic N) is 4. The number of nitrogens with one attached hydrogen (secondary N) is 1. The van der Waals surface area contributed by atoms with Crippen molar-refractivity contribution in [3.63, 3.8) is 0 Å². The summed E-state index contributed by atoms with van der Waals surface area (Å²) in [6.45, 7) is 3.55. The lowest BCUT2D eigenvalue weighted by Crippen LogP contribution is -2.35. The van der Waals surface area contributed by atoms with E-state index in [0.29, 0.717) is 24.2 Å². The predicted molar refractivity (Wildman–Crippen MR) is 111 cm³/mol. The van der Waals surface area contributed by atoms with Crippen molar-refractivity contribution in [2.24, 2.45) is 5.92 Å². The van der Waals surface area contributed by atoms with Crippen LogP contribution in [-0.4, -0.2) is 45.9 Å². The minimum absolute atomic E-state index is 0.00940. The maximum atomic E-state index is 12.8. The minimum Gasteiger partial charge on any atom is -0.360 e. The largest absolute Gasteiger partial charge is 0.360 e. The molecular weight excluding hydrogens is 366 g/mol. The van der Waals surface area contributed by atoms with Crippen LogP contribution < -0.4 is 5.32 Å². The molecule has 0 bridgehead atoms. The van der Waals surface area contributed by atoms with Gasteiger partial charge in [0.15, 0.2) is 11.5 Å². The quantitative estimate of drug-likeness (QED) is 0.808. The van der Waals surface area contributed by atoms with Crippen LogP contribution in [0.1, 0.15) is 71.7 Å². The Kier molecular flexibility index (Phi) is 6.04. The number of fused-ring (bicyclic) bond motifs is 1. The van der Waals surface area contributed by atoms with E-state index in [2.05, 4.69) is 15.2 Å². The molecule has 2 aliphatic rings. The standard InChI is InChI=1S/C22H33N5O2/c1-15-11-18(29-25-15)13-23-17-9-10-20-19(12-17)21(22(28)26(2)3)24-27(20)14-16-7-5-4-6-8-16/h11,16-17,23H,4-10,12-14H2,1-3H3. The van der Waals surface area contributed by atoms with E-state index in [0.717, 1.165) is 42.8 Å². The maximum Gasteiger partial charge on any atom is 0.274 e. The Morgan fingerprint density at radius 3 is 2.76 bits per heavy atom. The number of rotatable bonds is 6. The lowest BCUT2D eigenvalue weighted by Gasteiger charge is -2.26. The van der Waals surface area contributed by atoms with Crippen LogP contribution in [0.3, 0.4) is 0 Å². The molecule has 2 aromatic rings. The van der Waals surface area contributed by atoms with Crippen molar-refractivity contribution in [3.05, 3.63) is 34.5 Å². The zero-order valence-electron chi connectivity index (χ0n) is 17.9. The second-order valence-corrected chi connectivity index (χ2v) is 8.91. The Labute approximate surface area is 172 Å². The number of amides is 1. The van der Waals surface area contributed by atoms with Crippen LogP contribution in [-0.2, 0) is 25.9 Å². The molecule has 0 aromatic carbocycles. The van der Waals surface area contributed by atoms with E-state index in [-0.39, 0.29) is 5.91 Å². The fourth-order valence-electron chi connectivity index (χ4n) is 4.76. The van der Waals surface area contributed by atoms with E-state index < -0.39 is 0 Å². The molecule has 0 spiro atoms. The molecule has 2 heterocycles. The second kappa shape index (κ2) is 8.69. The maximum absolute atomic E-state index is 12.8. The highest BCUT2D eigenvalue weighted by atomic mass is 16.5. The monoisotopic (exact) mass is 399 g/mol. The van der Waals surface area contributed by atoms with Crippen LogP contribution in [0.15, 0.2) is 10.6 Å². The van der Waals surface area contributed by atoms with Crippen molar-refractivity contribution >= 4 is 5.91 Å². The van der Waals surface area contributed by atoms with Crippen LogP contribution in [0.5, 0.6) is 0 Å². The van der Waals surface area contributed by atoms with Crippen molar-refractivity contribution in [1.82, 2.24) is 25.2 Å². The summed E-state index contributed by atoms with van der Waals surface area (Å²) in [6, 6.07) is 2.28. The van der Waals surface area contributed by atoms with E-state index in [1.807, 2.05) is 13.0 Å². The van der Waals surface area contributed by atoms with Gasteiger partial charge in [-0.15, -0.1) is 0 Å². The molecule has 1 amide bonds. The molecule has 4 rings (SSSR count). The van der Waals surface area contributed by atoms with E-state index in [1.54, 1.807) is 19.0 Å². The smallest absolute Gasteiger partial charge is 0.274 e. The number of aromatic nitrogens is 3. The average molecular weight is 400 g/mol. The van der Waals surface area contributed by atoms with Gasteiger partial charge in [-0.05, 0) is 44.9 Å². The van der Waals surface area contributed by atoms with Gasteiger partial charge in [0.1, 0.15) is 0 Å². The van der Waals surface area contributed by atoms with Crippen LogP contribution in [0.2, 0.25) is 0 Å². The molecule has 2 aliphatic carbocycles. The van der Waals surface area contributed by atoms with Gasteiger partial charge < -0.3 is 14.7 Å². The van der Waals surface area contributed by atoms with Gasteiger partial charge in [-0.1, -0.05) is 24.4 Å². The summed E-state index contributed by atoms with van der Waals surface area (Å²) in [6.07, 6.45) is 9.42. The highest BCUT2D eigenvalue weighted by Crippen LogP contribution is 2.30. The zero-order chi connectivity index (χ0) is 20.4. The predicted octanol–water partition coefficient (Wildman–Crippen LogP) is 3.11. The molecule has 1 saturated carbocycles. The molecule has 0 saturated heterocycles. The zero-order valence-corrected chi connectivity index (χ0v) is 17.9. The summed E-state index contributed by atoms with van der Waals surface area (Å²) in [4.78, 5) is 14.5. The summed E-state index contributed by atoms with van der Waals surface area (Å²) in [5.41, 5.74) is 3.95. The van der Waals surface area contributed by atoms with Crippen LogP contribution in [0.25, 0.3) is 0 Å². The van der Waals surface area contributed by atoms with Crippen molar-refractivity contribution in [2.45, 2.75) is 77.4 Å². The van der Waals surface area contributed by atoms with Gasteiger partial charge in [-0.2, -0.15) is 5.10 Å². The molecule has 0 radical (unpaired) electrons. The van der Waals surface area contributed by atoms with Crippen molar-refractivity contribution in [2.75, 3.05) is 14.1 Å². The first-order valence-corrected chi connectivity index (χ1v) is 11.0. The molecule has 1 fully saturated rings. The van der Waals surface area contributed by atoms with Gasteiger partial charge in [-0.3, -0.25) is 9.48 Å². The number of hydrogen-bond acceptors (Lipinski definition) is 5. The highest BCUT2D eigenvalue weighted by molar-refractivity contribution is 5.93. The first kappa shape index (κ1) is 20.1. The molecule has 7 heteroatoms. The van der Waals surface area contributed by atoms with Gasteiger partial charge in [0, 0.05) is 44.0 Å². The Morgan fingerprint density at radius 2 is 2.07 bits per heavy atom. The number of carbonyl (C=O) groups excluding carboxylic acids is 1. The van der Waals surface area contributed by atoms with Crippen LogP contribution >= 0.6 is 0 Å². The summed E-state index contributed by atoms with van der Waals surface area (Å²) < 4.78 is 7.48. The van der Waals surface area contributed by atoms with Crippen LogP contribution in [0.4, 0.5) is 0 Å². The number of carbonyl (C=O) groups is 1. The summed E-state index contributed by atoms with van der Waals surface area (Å²) in [5, 5.41) is 12.4. The summed E-state index contributed by atoms with van der Waals surface area (Å²) >= 11 is 0. The van der Waals surface area contributed by atoms with Crippen molar-refractivity contribution in [3.8, 4) is 0 Å². The topological polar surface area (TPSA) is 76.2 Å². The molecule has 1 atom stereocenters. The van der Waals surface area contributed by atoms with Crippen LogP contribution in [0, 0.1) is 12.8 Å². The molecule has 158 valence electrons. The van der Waals surface area contributed by atoms with Gasteiger partial charge in [0.25, 0.3) is 5.91 Å². The summed E-state index contributed by atoms with van der Waals surface area (Å²) in [7, 11) is 3.61. The Bertz CT molecular complexity index is 848. The molecule has 0 aliphatic heterocycles. The molecule has 29 heavy (non-hydrogen) atoms. The lowest BCUT2D eigenvalue weighted by molar-refractivity contribution is 0.0819. The third-order valence-corrected chi connectivity index (χ3v) is 6.35. The average Bonchev–Trinajstić information content (AvgIpc) is 3.30. The fourth-order valence-corrected chi connectivity index (χ4v) is 4.76. The molecule has 2 aromatic heterocycles. The normalized spacial score (nSPS) is 19.9. The summed E-state index contributed by atoms with van der Waals surface area (Å²) in [5.74, 6) is 1.56. The molecule has 1 unspecified atom stereocenters. The first-order valence-electron chi connectivity index (χ1n) is 11.0. The fraction of sp³-hybridized carbons (Fsp3) is 0.682. The van der Waals surface area contributed by atoms with Gasteiger partial charge in [-0.25, -0.2) is 0 Å². The Morgan fingerprint density at radius 1 is 1.28 bits per heavy atom. The van der Waals surface area contributed by atoms with E-state index >= 15 is 0 Å². The SMILES string of the molecule is Cc1cc(CNC2CCc3c(c(C(=O)N(C)C)nn3CC3CCCCC3)C2)on1. The van der Waals surface area contributed by atoms with Gasteiger partial charge in [0.2, 0.25) is 0 Å². The van der Waals surface area contributed by atoms with Crippen molar-refractivity contribution < 1.29 is 9.32 Å². The number of aryl methyl sites for hydroxylation is 1. The van der Waals surface area contributed by atoms with Gasteiger partial charge >= 0.3 is 0 Å². The molecular formula is C22H33N5O2.